The number of carbonyl (C=O) groups is 3. The topological polar surface area (TPSA) is 112 Å². The smallest absolute Gasteiger partial charge is 0.338 e. The highest BCUT2D eigenvalue weighted by Crippen LogP contribution is 2.51. The number of esters is 2. The molecule has 8 nitrogen and oxygen atoms in total. The molecule has 0 fully saturated rings. The van der Waals surface area contributed by atoms with Crippen LogP contribution in [0.15, 0.2) is 102 Å². The molecule has 2 N–H and O–H groups in total. The average Bonchev–Trinajstić information content (AvgIpc) is 2.98. The third-order valence-corrected chi connectivity index (χ3v) is 7.41. The number of hydrogen-bond donors (Lipinski definition) is 1. The Kier molecular flexibility index (Phi) is 7.96. The Bertz CT molecular complexity index is 1540. The van der Waals surface area contributed by atoms with Crippen molar-refractivity contribution in [3.8, 4) is 0 Å². The lowest BCUT2D eigenvalue weighted by Gasteiger charge is -2.44. The predicted octanol–water partition coefficient (Wildman–Crippen LogP) is 4.75. The van der Waals surface area contributed by atoms with E-state index in [1.54, 1.807) is 38.2 Å². The van der Waals surface area contributed by atoms with Gasteiger partial charge in [-0.3, -0.25) is 19.5 Å². The normalized spacial score (nSPS) is 20.5. The van der Waals surface area contributed by atoms with Crippen LogP contribution in [0.1, 0.15) is 43.2 Å². The highest BCUT2D eigenvalue weighted by molar-refractivity contribution is 6.14. The standard InChI is InChI=1S/C32H30FN3O5/c1-3-40-31(38)26-21(19-11-6-5-7-12-19)17-24-27(29(26)37)25(20-13-10-16-35-18-20)28(32(39)41-4-2)30(34)36(24)23-15-9-8-14-22(23)33/h5-16,18,21,25-26H,3-4,17,34H2,1-2H3/t21-,25+,26+/m0/s1. The molecule has 1 aliphatic heterocycles. The molecule has 5 rings (SSSR count). The quantitative estimate of drug-likeness (QED) is 0.329. The molecule has 3 atom stereocenters. The van der Waals surface area contributed by atoms with Crippen molar-refractivity contribution in [2.45, 2.75) is 32.1 Å². The van der Waals surface area contributed by atoms with Crippen molar-refractivity contribution in [1.29, 1.82) is 0 Å². The first kappa shape index (κ1) is 27.8. The van der Waals surface area contributed by atoms with Crippen LogP contribution in [-0.2, 0) is 23.9 Å². The zero-order valence-electron chi connectivity index (χ0n) is 22.7. The van der Waals surface area contributed by atoms with E-state index < -0.39 is 41.3 Å². The molecule has 0 spiro atoms. The lowest BCUT2D eigenvalue weighted by Crippen LogP contribution is -2.46. The number of nitrogens with zero attached hydrogens (tertiary/aromatic N) is 2. The Hall–Kier alpha value is -4.79. The fraction of sp³-hybridized carbons (Fsp3) is 0.250. The molecule has 3 aromatic rings. The van der Waals surface area contributed by atoms with E-state index in [-0.39, 0.29) is 42.3 Å². The minimum absolute atomic E-state index is 0.0315. The van der Waals surface area contributed by atoms with Gasteiger partial charge in [0, 0.05) is 29.6 Å². The summed E-state index contributed by atoms with van der Waals surface area (Å²) in [4.78, 5) is 47.2. The zero-order valence-corrected chi connectivity index (χ0v) is 22.7. The maximum atomic E-state index is 15.4. The number of rotatable bonds is 7. The van der Waals surface area contributed by atoms with Crippen molar-refractivity contribution >= 4 is 23.4 Å². The lowest BCUT2D eigenvalue weighted by atomic mass is 9.67. The molecule has 0 saturated carbocycles. The number of nitrogens with two attached hydrogens (primary N) is 1. The molecule has 1 aromatic heterocycles. The van der Waals surface area contributed by atoms with Crippen molar-refractivity contribution in [3.63, 3.8) is 0 Å². The second-order valence-electron chi connectivity index (χ2n) is 9.70. The summed E-state index contributed by atoms with van der Waals surface area (Å²) in [6.45, 7) is 3.47. The van der Waals surface area contributed by atoms with Gasteiger partial charge < -0.3 is 15.2 Å². The molecular weight excluding hydrogens is 525 g/mol. The van der Waals surface area contributed by atoms with Crippen LogP contribution in [0.5, 0.6) is 0 Å². The number of pyridine rings is 1. The van der Waals surface area contributed by atoms with Gasteiger partial charge in [0.25, 0.3) is 0 Å². The van der Waals surface area contributed by atoms with E-state index in [0.29, 0.717) is 11.3 Å². The van der Waals surface area contributed by atoms with Gasteiger partial charge in [0.05, 0.1) is 30.4 Å². The van der Waals surface area contributed by atoms with E-state index in [9.17, 15) is 14.4 Å². The van der Waals surface area contributed by atoms with Crippen LogP contribution >= 0.6 is 0 Å². The van der Waals surface area contributed by atoms with E-state index >= 15 is 4.39 Å². The van der Waals surface area contributed by atoms with Gasteiger partial charge in [-0.05, 0) is 49.6 Å². The number of anilines is 1. The molecule has 0 amide bonds. The van der Waals surface area contributed by atoms with Gasteiger partial charge in [-0.1, -0.05) is 48.5 Å². The molecule has 41 heavy (non-hydrogen) atoms. The average molecular weight is 556 g/mol. The van der Waals surface area contributed by atoms with Gasteiger partial charge in [0.1, 0.15) is 17.6 Å². The van der Waals surface area contributed by atoms with Crippen LogP contribution < -0.4 is 10.6 Å². The highest BCUT2D eigenvalue weighted by atomic mass is 19.1. The summed E-state index contributed by atoms with van der Waals surface area (Å²) in [5.41, 5.74) is 8.59. The molecule has 9 heteroatoms. The first-order valence-corrected chi connectivity index (χ1v) is 13.5. The Morgan fingerprint density at radius 2 is 1.66 bits per heavy atom. The molecular formula is C32H30FN3O5. The summed E-state index contributed by atoms with van der Waals surface area (Å²) < 4.78 is 26.2. The number of benzene rings is 2. The van der Waals surface area contributed by atoms with Gasteiger partial charge in [0.2, 0.25) is 0 Å². The largest absolute Gasteiger partial charge is 0.465 e. The molecule has 0 saturated heterocycles. The van der Waals surface area contributed by atoms with Crippen LogP contribution in [0.3, 0.4) is 0 Å². The molecule has 0 radical (unpaired) electrons. The summed E-state index contributed by atoms with van der Waals surface area (Å²) >= 11 is 0. The van der Waals surface area contributed by atoms with Crippen LogP contribution in [0, 0.1) is 11.7 Å². The molecule has 2 aromatic carbocycles. The van der Waals surface area contributed by atoms with Crippen molar-refractivity contribution in [2.75, 3.05) is 18.1 Å². The van der Waals surface area contributed by atoms with Crippen molar-refractivity contribution in [1.82, 2.24) is 4.98 Å². The fourth-order valence-corrected chi connectivity index (χ4v) is 5.74. The van der Waals surface area contributed by atoms with E-state index in [1.165, 1.54) is 29.3 Å². The number of ether oxygens (including phenoxy) is 2. The summed E-state index contributed by atoms with van der Waals surface area (Å²) in [6, 6.07) is 18.6. The lowest BCUT2D eigenvalue weighted by molar-refractivity contribution is -0.152. The van der Waals surface area contributed by atoms with E-state index in [2.05, 4.69) is 4.98 Å². The Morgan fingerprint density at radius 1 is 0.976 bits per heavy atom. The second-order valence-corrected chi connectivity index (χ2v) is 9.70. The molecule has 2 heterocycles. The number of ketones is 1. The van der Waals surface area contributed by atoms with E-state index in [1.807, 2.05) is 30.3 Å². The monoisotopic (exact) mass is 555 g/mol. The highest BCUT2D eigenvalue weighted by Gasteiger charge is 2.51. The number of aromatic nitrogens is 1. The first-order chi connectivity index (χ1) is 19.9. The maximum absolute atomic E-state index is 15.4. The van der Waals surface area contributed by atoms with Gasteiger partial charge in [-0.15, -0.1) is 0 Å². The fourth-order valence-electron chi connectivity index (χ4n) is 5.74. The number of para-hydroxylation sites is 1. The minimum Gasteiger partial charge on any atom is -0.465 e. The van der Waals surface area contributed by atoms with Gasteiger partial charge in [-0.25, -0.2) is 9.18 Å². The predicted molar refractivity (Wildman–Crippen MR) is 150 cm³/mol. The Balaban J connectivity index is 1.82. The first-order valence-electron chi connectivity index (χ1n) is 13.5. The summed E-state index contributed by atoms with van der Waals surface area (Å²) in [5.74, 6) is -5.41. The summed E-state index contributed by atoms with van der Waals surface area (Å²) in [7, 11) is 0. The van der Waals surface area contributed by atoms with Gasteiger partial charge >= 0.3 is 11.9 Å². The Labute approximate surface area is 237 Å². The van der Waals surface area contributed by atoms with Crippen LogP contribution in [0.2, 0.25) is 0 Å². The van der Waals surface area contributed by atoms with Crippen molar-refractivity contribution in [2.24, 2.45) is 11.7 Å². The van der Waals surface area contributed by atoms with Gasteiger partial charge in [0.15, 0.2) is 5.78 Å². The van der Waals surface area contributed by atoms with E-state index in [0.717, 1.165) is 5.56 Å². The second kappa shape index (κ2) is 11.8. The molecule has 0 unspecified atom stereocenters. The SMILES string of the molecule is CCOC(=O)C1=C(N)N(c2ccccc2F)C2=C(C(=O)[C@H](C(=O)OCC)[C@H](c3ccccc3)C2)[C@H]1c1cccnc1. The van der Waals surface area contributed by atoms with Crippen molar-refractivity contribution in [3.05, 3.63) is 119 Å². The third-order valence-electron chi connectivity index (χ3n) is 7.41. The van der Waals surface area contributed by atoms with Crippen molar-refractivity contribution < 1.29 is 28.2 Å². The number of carbonyl (C=O) groups excluding carboxylic acids is 3. The van der Waals surface area contributed by atoms with Crippen LogP contribution in [-0.4, -0.2) is 35.9 Å². The summed E-state index contributed by atoms with van der Waals surface area (Å²) in [5, 5.41) is 0. The maximum Gasteiger partial charge on any atom is 0.338 e. The minimum atomic E-state index is -1.19. The number of Topliss-reactive ketones (excluding diaryl/α,β-unsaturated/α-hetero) is 1. The summed E-state index contributed by atoms with van der Waals surface area (Å²) in [6.07, 6.45) is 3.26. The molecule has 2 aliphatic rings. The van der Waals surface area contributed by atoms with E-state index in [4.69, 9.17) is 15.2 Å². The molecule has 210 valence electrons. The molecule has 1 aliphatic carbocycles. The third kappa shape index (κ3) is 4.99. The number of allylic oxidation sites excluding steroid dienone is 2. The zero-order chi connectivity index (χ0) is 29.1. The van der Waals surface area contributed by atoms with Crippen LogP contribution in [0.25, 0.3) is 0 Å². The molecule has 0 bridgehead atoms. The van der Waals surface area contributed by atoms with Crippen LogP contribution in [0.4, 0.5) is 10.1 Å². The van der Waals surface area contributed by atoms with Gasteiger partial charge in [-0.2, -0.15) is 0 Å². The number of halogens is 1. The Morgan fingerprint density at radius 3 is 2.32 bits per heavy atom. The number of hydrogen-bond acceptors (Lipinski definition) is 8.